The van der Waals surface area contributed by atoms with Crippen molar-refractivity contribution in [3.63, 3.8) is 0 Å². The lowest BCUT2D eigenvalue weighted by Crippen LogP contribution is -1.78. The molecular weight excluding hydrogens is 208 g/mol. The van der Waals surface area contributed by atoms with Crippen molar-refractivity contribution in [3.05, 3.63) is 58.9 Å². The van der Waals surface area contributed by atoms with E-state index in [0.717, 1.165) is 16.1 Å². The third kappa shape index (κ3) is 2.89. The highest BCUT2D eigenvalue weighted by Gasteiger charge is 1.89. The minimum atomic E-state index is 0.741. The minimum absolute atomic E-state index is 0.741. The van der Waals surface area contributed by atoms with Crippen LogP contribution in [0.25, 0.3) is 12.2 Å². The number of halogens is 1. The SMILES string of the molecule is Clc1cccc(C=Cc2ccnnc2)c1. The molecule has 2 aromatic rings. The fraction of sp³-hybridized carbons (Fsp3) is 0. The lowest BCUT2D eigenvalue weighted by molar-refractivity contribution is 1.03. The van der Waals surface area contributed by atoms with E-state index in [-0.39, 0.29) is 0 Å². The summed E-state index contributed by atoms with van der Waals surface area (Å²) in [6.45, 7) is 0. The van der Waals surface area contributed by atoms with Crippen LogP contribution in [0.1, 0.15) is 11.1 Å². The zero-order valence-corrected chi connectivity index (χ0v) is 8.72. The molecule has 0 aliphatic carbocycles. The summed E-state index contributed by atoms with van der Waals surface area (Å²) < 4.78 is 0. The van der Waals surface area contributed by atoms with Crippen LogP contribution in [0, 0.1) is 0 Å². The Hall–Kier alpha value is -1.67. The second kappa shape index (κ2) is 4.71. The highest BCUT2D eigenvalue weighted by atomic mass is 35.5. The van der Waals surface area contributed by atoms with Crippen molar-refractivity contribution < 1.29 is 0 Å². The maximum Gasteiger partial charge on any atom is 0.0568 e. The van der Waals surface area contributed by atoms with Crippen molar-refractivity contribution in [3.8, 4) is 0 Å². The minimum Gasteiger partial charge on any atom is -0.159 e. The average molecular weight is 217 g/mol. The Morgan fingerprint density at radius 1 is 1.00 bits per heavy atom. The molecule has 74 valence electrons. The summed E-state index contributed by atoms with van der Waals surface area (Å²) in [5, 5.41) is 8.24. The highest BCUT2D eigenvalue weighted by Crippen LogP contribution is 2.13. The van der Waals surface area contributed by atoms with E-state index in [0.29, 0.717) is 0 Å². The topological polar surface area (TPSA) is 25.8 Å². The Balaban J connectivity index is 2.19. The lowest BCUT2D eigenvalue weighted by Gasteiger charge is -1.94. The van der Waals surface area contributed by atoms with Gasteiger partial charge in [0.15, 0.2) is 0 Å². The molecule has 0 radical (unpaired) electrons. The second-order valence-electron chi connectivity index (χ2n) is 3.06. The zero-order chi connectivity index (χ0) is 10.5. The maximum atomic E-state index is 5.87. The Morgan fingerprint density at radius 2 is 1.87 bits per heavy atom. The van der Waals surface area contributed by atoms with E-state index < -0.39 is 0 Å². The van der Waals surface area contributed by atoms with Crippen LogP contribution in [0.4, 0.5) is 0 Å². The molecule has 0 spiro atoms. The van der Waals surface area contributed by atoms with Crippen molar-refractivity contribution >= 4 is 23.8 Å². The zero-order valence-electron chi connectivity index (χ0n) is 7.97. The lowest BCUT2D eigenvalue weighted by atomic mass is 10.2. The van der Waals surface area contributed by atoms with Crippen molar-refractivity contribution in [2.45, 2.75) is 0 Å². The van der Waals surface area contributed by atoms with Gasteiger partial charge in [0.25, 0.3) is 0 Å². The Morgan fingerprint density at radius 3 is 2.60 bits per heavy atom. The van der Waals surface area contributed by atoms with E-state index in [1.54, 1.807) is 12.4 Å². The summed E-state index contributed by atoms with van der Waals surface area (Å²) in [4.78, 5) is 0. The van der Waals surface area contributed by atoms with Gasteiger partial charge < -0.3 is 0 Å². The van der Waals surface area contributed by atoms with Gasteiger partial charge in [-0.25, -0.2) is 0 Å². The maximum absolute atomic E-state index is 5.87. The molecule has 1 aromatic heterocycles. The molecule has 3 heteroatoms. The molecule has 1 heterocycles. The van der Waals surface area contributed by atoms with Crippen LogP contribution in [-0.2, 0) is 0 Å². The number of aromatic nitrogens is 2. The van der Waals surface area contributed by atoms with Gasteiger partial charge in [-0.1, -0.05) is 35.9 Å². The fourth-order valence-corrected chi connectivity index (χ4v) is 1.40. The van der Waals surface area contributed by atoms with E-state index in [1.807, 2.05) is 42.5 Å². The molecule has 0 aliphatic rings. The van der Waals surface area contributed by atoms with Gasteiger partial charge >= 0.3 is 0 Å². The first kappa shape index (κ1) is 9.87. The predicted octanol–water partition coefficient (Wildman–Crippen LogP) is 3.30. The first-order valence-electron chi connectivity index (χ1n) is 4.55. The number of benzene rings is 1. The van der Waals surface area contributed by atoms with E-state index in [1.165, 1.54) is 0 Å². The molecule has 2 rings (SSSR count). The molecule has 1 aromatic carbocycles. The van der Waals surface area contributed by atoms with Crippen LogP contribution in [0.3, 0.4) is 0 Å². The first-order chi connectivity index (χ1) is 7.34. The molecule has 0 fully saturated rings. The summed E-state index contributed by atoms with van der Waals surface area (Å²) in [6, 6.07) is 9.58. The first-order valence-corrected chi connectivity index (χ1v) is 4.93. The fourth-order valence-electron chi connectivity index (χ4n) is 1.20. The quantitative estimate of drug-likeness (QED) is 0.770. The van der Waals surface area contributed by atoms with E-state index in [4.69, 9.17) is 11.6 Å². The van der Waals surface area contributed by atoms with Crippen molar-refractivity contribution in [2.24, 2.45) is 0 Å². The van der Waals surface area contributed by atoms with E-state index in [9.17, 15) is 0 Å². The Kier molecular flexibility index (Phi) is 3.10. The van der Waals surface area contributed by atoms with Gasteiger partial charge in [0.05, 0.1) is 12.4 Å². The summed E-state index contributed by atoms with van der Waals surface area (Å²) in [5.41, 5.74) is 2.09. The molecule has 0 amide bonds. The Bertz CT molecular complexity index is 466. The van der Waals surface area contributed by atoms with Gasteiger partial charge in [-0.15, -0.1) is 0 Å². The number of hydrogen-bond acceptors (Lipinski definition) is 2. The largest absolute Gasteiger partial charge is 0.159 e. The number of rotatable bonds is 2. The summed E-state index contributed by atoms with van der Waals surface area (Å²) in [7, 11) is 0. The van der Waals surface area contributed by atoms with Gasteiger partial charge in [0, 0.05) is 5.02 Å². The standard InChI is InChI=1S/C12H9ClN2/c13-12-3-1-2-10(8-12)4-5-11-6-7-14-15-9-11/h1-9H. The average Bonchev–Trinajstić information content (AvgIpc) is 2.28. The predicted molar refractivity (Wildman–Crippen MR) is 62.4 cm³/mol. The van der Waals surface area contributed by atoms with Crippen LogP contribution < -0.4 is 0 Å². The smallest absolute Gasteiger partial charge is 0.0568 e. The van der Waals surface area contributed by atoms with Gasteiger partial charge in [0.2, 0.25) is 0 Å². The third-order valence-corrected chi connectivity index (χ3v) is 2.16. The van der Waals surface area contributed by atoms with Crippen LogP contribution >= 0.6 is 11.6 Å². The van der Waals surface area contributed by atoms with Crippen molar-refractivity contribution in [2.75, 3.05) is 0 Å². The van der Waals surface area contributed by atoms with Gasteiger partial charge in [-0.3, -0.25) is 0 Å². The third-order valence-electron chi connectivity index (χ3n) is 1.92. The molecule has 0 saturated carbocycles. The molecule has 0 N–H and O–H groups in total. The van der Waals surface area contributed by atoms with Crippen LogP contribution in [0.5, 0.6) is 0 Å². The summed E-state index contributed by atoms with van der Waals surface area (Å²) in [6.07, 6.45) is 7.34. The van der Waals surface area contributed by atoms with Crippen LogP contribution in [0.2, 0.25) is 5.02 Å². The molecule has 0 saturated heterocycles. The monoisotopic (exact) mass is 216 g/mol. The van der Waals surface area contributed by atoms with Crippen LogP contribution in [-0.4, -0.2) is 10.2 Å². The molecule has 0 unspecified atom stereocenters. The number of hydrogen-bond donors (Lipinski definition) is 0. The normalized spacial score (nSPS) is 10.7. The van der Waals surface area contributed by atoms with Crippen molar-refractivity contribution in [1.82, 2.24) is 10.2 Å². The van der Waals surface area contributed by atoms with Crippen LogP contribution in [0.15, 0.2) is 42.7 Å². The van der Waals surface area contributed by atoms with E-state index in [2.05, 4.69) is 10.2 Å². The summed E-state index contributed by atoms with van der Waals surface area (Å²) in [5.74, 6) is 0. The molecule has 2 nitrogen and oxygen atoms in total. The number of nitrogens with zero attached hydrogens (tertiary/aromatic N) is 2. The van der Waals surface area contributed by atoms with E-state index >= 15 is 0 Å². The van der Waals surface area contributed by atoms with Gasteiger partial charge in [0.1, 0.15) is 0 Å². The molecule has 0 atom stereocenters. The highest BCUT2D eigenvalue weighted by molar-refractivity contribution is 6.30. The summed E-state index contributed by atoms with van der Waals surface area (Å²) >= 11 is 5.87. The molecule has 15 heavy (non-hydrogen) atoms. The Labute approximate surface area is 93.2 Å². The van der Waals surface area contributed by atoms with Gasteiger partial charge in [-0.05, 0) is 29.3 Å². The molecule has 0 aliphatic heterocycles. The van der Waals surface area contributed by atoms with Gasteiger partial charge in [-0.2, -0.15) is 10.2 Å². The van der Waals surface area contributed by atoms with Crippen molar-refractivity contribution in [1.29, 1.82) is 0 Å². The second-order valence-corrected chi connectivity index (χ2v) is 3.50. The molecule has 0 bridgehead atoms. The molecular formula is C12H9ClN2.